The maximum Gasteiger partial charge on any atom is 0.435 e. The van der Waals surface area contributed by atoms with Gasteiger partial charge < -0.3 is 0 Å². The molecule has 1 aromatic heterocycles. The van der Waals surface area contributed by atoms with E-state index in [-0.39, 0.29) is 0 Å². The third-order valence-corrected chi connectivity index (χ3v) is 3.59. The van der Waals surface area contributed by atoms with Crippen molar-refractivity contribution in [2.75, 3.05) is 0 Å². The number of aromatic nitrogens is 2. The summed E-state index contributed by atoms with van der Waals surface area (Å²) >= 11 is 0. The van der Waals surface area contributed by atoms with Gasteiger partial charge in [0.2, 0.25) is 0 Å². The van der Waals surface area contributed by atoms with Gasteiger partial charge in [-0.15, -0.1) is 0 Å². The van der Waals surface area contributed by atoms with Gasteiger partial charge in [0.1, 0.15) is 0 Å². The molecule has 3 aromatic rings. The highest BCUT2D eigenvalue weighted by atomic mass is 19.4. The van der Waals surface area contributed by atoms with Crippen molar-refractivity contribution < 1.29 is 13.2 Å². The average Bonchev–Trinajstić information content (AvgIpc) is 2.93. The first-order valence-corrected chi connectivity index (χ1v) is 7.16. The van der Waals surface area contributed by atoms with E-state index in [0.29, 0.717) is 16.9 Å². The maximum absolute atomic E-state index is 13.1. The highest BCUT2D eigenvalue weighted by Gasteiger charge is 2.35. The third-order valence-electron chi connectivity index (χ3n) is 3.59. The maximum atomic E-state index is 13.1. The lowest BCUT2D eigenvalue weighted by atomic mass is 10.1. The van der Waals surface area contributed by atoms with E-state index in [4.69, 9.17) is 0 Å². The predicted molar refractivity (Wildman–Crippen MR) is 83.5 cm³/mol. The van der Waals surface area contributed by atoms with E-state index in [0.717, 1.165) is 17.2 Å². The molecule has 0 aliphatic rings. The summed E-state index contributed by atoms with van der Waals surface area (Å²) in [5.74, 6) is 0. The van der Waals surface area contributed by atoms with Crippen LogP contribution in [0, 0.1) is 13.8 Å². The minimum absolute atomic E-state index is 0.419. The van der Waals surface area contributed by atoms with Crippen molar-refractivity contribution in [3.05, 3.63) is 71.4 Å². The molecule has 3 rings (SSSR count). The number of nitrogens with zero attached hydrogens (tertiary/aromatic N) is 2. The van der Waals surface area contributed by atoms with Crippen LogP contribution in [0.3, 0.4) is 0 Å². The third kappa shape index (κ3) is 3.13. The number of hydrogen-bond donors (Lipinski definition) is 0. The Kier molecular flexibility index (Phi) is 3.72. The van der Waals surface area contributed by atoms with Gasteiger partial charge in [-0.25, -0.2) is 4.68 Å². The molecule has 118 valence electrons. The molecule has 0 bridgehead atoms. The molecular formula is C18H15F3N2. The van der Waals surface area contributed by atoms with Crippen LogP contribution in [0.4, 0.5) is 13.2 Å². The van der Waals surface area contributed by atoms with Gasteiger partial charge in [0.25, 0.3) is 0 Å². The summed E-state index contributed by atoms with van der Waals surface area (Å²) in [6.45, 7) is 3.83. The van der Waals surface area contributed by atoms with Crippen LogP contribution in [0.15, 0.2) is 54.6 Å². The van der Waals surface area contributed by atoms with E-state index in [1.165, 1.54) is 4.68 Å². The summed E-state index contributed by atoms with van der Waals surface area (Å²) in [4.78, 5) is 0. The Hall–Kier alpha value is -2.56. The highest BCUT2D eigenvalue weighted by Crippen LogP contribution is 2.33. The van der Waals surface area contributed by atoms with Crippen LogP contribution in [0.5, 0.6) is 0 Å². The zero-order valence-corrected chi connectivity index (χ0v) is 12.7. The van der Waals surface area contributed by atoms with Gasteiger partial charge in [-0.1, -0.05) is 42.0 Å². The molecule has 2 nitrogen and oxygen atoms in total. The molecule has 23 heavy (non-hydrogen) atoms. The smallest absolute Gasteiger partial charge is 0.232 e. The fraction of sp³-hybridized carbons (Fsp3) is 0.167. The van der Waals surface area contributed by atoms with Gasteiger partial charge in [-0.3, -0.25) is 0 Å². The highest BCUT2D eigenvalue weighted by molar-refractivity contribution is 5.63. The minimum atomic E-state index is -4.48. The summed E-state index contributed by atoms with van der Waals surface area (Å²) in [6.07, 6.45) is -4.48. The van der Waals surface area contributed by atoms with Crippen LogP contribution < -0.4 is 0 Å². The van der Waals surface area contributed by atoms with E-state index in [9.17, 15) is 13.2 Å². The number of benzene rings is 2. The van der Waals surface area contributed by atoms with Gasteiger partial charge in [-0.2, -0.15) is 18.3 Å². The fourth-order valence-electron chi connectivity index (χ4n) is 2.41. The summed E-state index contributed by atoms with van der Waals surface area (Å²) in [7, 11) is 0. The Bertz CT molecular complexity index is 830. The number of alkyl halides is 3. The van der Waals surface area contributed by atoms with Gasteiger partial charge >= 0.3 is 6.18 Å². The van der Waals surface area contributed by atoms with Crippen LogP contribution >= 0.6 is 0 Å². The van der Waals surface area contributed by atoms with Crippen LogP contribution in [0.1, 0.15) is 16.8 Å². The molecule has 0 fully saturated rings. The zero-order chi connectivity index (χ0) is 16.6. The number of hydrogen-bond acceptors (Lipinski definition) is 1. The summed E-state index contributed by atoms with van der Waals surface area (Å²) in [6, 6.07) is 15.7. The number of aryl methyl sites for hydroxylation is 2. The first kappa shape index (κ1) is 15.3. The van der Waals surface area contributed by atoms with Crippen molar-refractivity contribution in [3.8, 4) is 16.9 Å². The molecule has 0 N–H and O–H groups in total. The standard InChI is InChI=1S/C18H15F3N2/c1-12-6-8-14(9-7-12)16-11-17(18(19,20)21)22-23(16)15-5-3-4-13(2)10-15/h3-11H,1-2H3. The Balaban J connectivity index is 2.21. The number of halogens is 3. The van der Waals surface area contributed by atoms with Crippen LogP contribution in [-0.2, 0) is 6.18 Å². The monoisotopic (exact) mass is 316 g/mol. The summed E-state index contributed by atoms with van der Waals surface area (Å²) in [5, 5.41) is 3.78. The van der Waals surface area contributed by atoms with E-state index in [1.54, 1.807) is 24.3 Å². The fourth-order valence-corrected chi connectivity index (χ4v) is 2.41. The Labute approximate surface area is 132 Å². The SMILES string of the molecule is Cc1ccc(-c2cc(C(F)(F)F)nn2-c2cccc(C)c2)cc1. The molecule has 0 amide bonds. The molecule has 0 aliphatic heterocycles. The molecule has 5 heteroatoms. The average molecular weight is 316 g/mol. The lowest BCUT2D eigenvalue weighted by Crippen LogP contribution is -2.07. The number of rotatable bonds is 2. The summed E-state index contributed by atoms with van der Waals surface area (Å²) < 4.78 is 40.6. The first-order chi connectivity index (χ1) is 10.8. The lowest BCUT2D eigenvalue weighted by Gasteiger charge is -2.08. The van der Waals surface area contributed by atoms with Crippen LogP contribution in [-0.4, -0.2) is 9.78 Å². The first-order valence-electron chi connectivity index (χ1n) is 7.16. The Morgan fingerprint density at radius 3 is 2.17 bits per heavy atom. The zero-order valence-electron chi connectivity index (χ0n) is 12.7. The second-order valence-electron chi connectivity index (χ2n) is 5.53. The van der Waals surface area contributed by atoms with Crippen molar-refractivity contribution in [2.45, 2.75) is 20.0 Å². The molecule has 0 radical (unpaired) electrons. The predicted octanol–water partition coefficient (Wildman–Crippen LogP) is 5.17. The summed E-state index contributed by atoms with van der Waals surface area (Å²) in [5.41, 5.74) is 2.83. The molecule has 0 aliphatic carbocycles. The van der Waals surface area contributed by atoms with E-state index in [2.05, 4.69) is 5.10 Å². The largest absolute Gasteiger partial charge is 0.435 e. The van der Waals surface area contributed by atoms with Gasteiger partial charge in [0.15, 0.2) is 5.69 Å². The van der Waals surface area contributed by atoms with Gasteiger partial charge in [0, 0.05) is 5.56 Å². The normalized spacial score (nSPS) is 11.7. The van der Waals surface area contributed by atoms with Crippen molar-refractivity contribution in [2.24, 2.45) is 0 Å². The van der Waals surface area contributed by atoms with Crippen molar-refractivity contribution in [1.82, 2.24) is 9.78 Å². The Morgan fingerprint density at radius 1 is 0.870 bits per heavy atom. The van der Waals surface area contributed by atoms with Crippen molar-refractivity contribution in [3.63, 3.8) is 0 Å². The molecule has 2 aromatic carbocycles. The quantitative estimate of drug-likeness (QED) is 0.637. The minimum Gasteiger partial charge on any atom is -0.232 e. The lowest BCUT2D eigenvalue weighted by molar-refractivity contribution is -0.141. The van der Waals surface area contributed by atoms with E-state index < -0.39 is 11.9 Å². The molecular weight excluding hydrogens is 301 g/mol. The molecule has 0 unspecified atom stereocenters. The van der Waals surface area contributed by atoms with Crippen LogP contribution in [0.2, 0.25) is 0 Å². The molecule has 1 heterocycles. The molecule has 0 atom stereocenters. The van der Waals surface area contributed by atoms with Gasteiger partial charge in [0.05, 0.1) is 11.4 Å². The second-order valence-corrected chi connectivity index (χ2v) is 5.53. The molecule has 0 saturated heterocycles. The van der Waals surface area contributed by atoms with Crippen LogP contribution in [0.25, 0.3) is 16.9 Å². The van der Waals surface area contributed by atoms with E-state index in [1.807, 2.05) is 38.1 Å². The van der Waals surface area contributed by atoms with E-state index >= 15 is 0 Å². The molecule has 0 spiro atoms. The topological polar surface area (TPSA) is 17.8 Å². The van der Waals surface area contributed by atoms with Gasteiger partial charge in [-0.05, 0) is 37.6 Å². The van der Waals surface area contributed by atoms with Crippen molar-refractivity contribution >= 4 is 0 Å². The second kappa shape index (κ2) is 5.57. The van der Waals surface area contributed by atoms with Crippen molar-refractivity contribution in [1.29, 1.82) is 0 Å². The Morgan fingerprint density at radius 2 is 1.57 bits per heavy atom. The molecule has 0 saturated carbocycles.